The molecule has 1 heterocycles. The van der Waals surface area contributed by atoms with E-state index in [-0.39, 0.29) is 17.9 Å². The van der Waals surface area contributed by atoms with E-state index < -0.39 is 64.6 Å². The largest absolute Gasteiger partial charge is 0.444 e. The summed E-state index contributed by atoms with van der Waals surface area (Å²) >= 11 is 1.33. The van der Waals surface area contributed by atoms with E-state index in [1.807, 2.05) is 6.07 Å². The van der Waals surface area contributed by atoms with Gasteiger partial charge in [0, 0.05) is 16.9 Å². The number of ether oxygens (including phenoxy) is 1. The predicted molar refractivity (Wildman–Crippen MR) is 145 cm³/mol. The molecule has 3 atom stereocenters. The second kappa shape index (κ2) is 12.3. The molecule has 0 spiro atoms. The Morgan fingerprint density at radius 1 is 1.10 bits per heavy atom. The maximum absolute atomic E-state index is 14.1. The lowest BCUT2D eigenvalue weighted by Gasteiger charge is -2.33. The minimum absolute atomic E-state index is 0.0968. The minimum Gasteiger partial charge on any atom is -0.444 e. The molecule has 212 valence electrons. The fourth-order valence-electron chi connectivity index (χ4n) is 4.30. The van der Waals surface area contributed by atoms with Crippen LogP contribution < -0.4 is 10.6 Å². The monoisotopic (exact) mass is 563 g/mol. The molecule has 1 saturated heterocycles. The number of nitrogens with one attached hydrogen (secondary N) is 2. The Morgan fingerprint density at radius 2 is 1.72 bits per heavy atom. The molecule has 3 rings (SSSR count). The average molecular weight is 564 g/mol. The maximum Gasteiger partial charge on any atom is 0.407 e. The second-order valence-corrected chi connectivity index (χ2v) is 12.5. The number of carbonyl (C=O) groups excluding carboxylic acids is 3. The lowest BCUT2D eigenvalue weighted by atomic mass is 9.97. The second-order valence-electron chi connectivity index (χ2n) is 10.9. The van der Waals surface area contributed by atoms with Crippen molar-refractivity contribution in [3.63, 3.8) is 0 Å². The highest BCUT2D eigenvalue weighted by atomic mass is 32.2. The third kappa shape index (κ3) is 7.92. The van der Waals surface area contributed by atoms with E-state index in [1.54, 1.807) is 58.9 Å². The number of benzene rings is 2. The van der Waals surface area contributed by atoms with Crippen LogP contribution in [-0.2, 0) is 27.3 Å². The fraction of sp³-hybridized carbons (Fsp3) is 0.464. The summed E-state index contributed by atoms with van der Waals surface area (Å²) in [6.07, 6.45) is -2.38. The van der Waals surface area contributed by atoms with Gasteiger partial charge in [0.2, 0.25) is 5.91 Å². The van der Waals surface area contributed by atoms with Crippen molar-refractivity contribution in [2.45, 2.75) is 76.1 Å². The molecule has 0 saturated carbocycles. The summed E-state index contributed by atoms with van der Waals surface area (Å²) in [6, 6.07) is 10.3. The summed E-state index contributed by atoms with van der Waals surface area (Å²) in [5.41, 5.74) is -0.327. The number of alkyl carbamates (subject to hydrolysis) is 1. The number of hydrogen-bond acceptors (Lipinski definition) is 6. The number of carbonyl (C=O) groups is 3. The normalized spacial score (nSPS) is 18.3. The number of aliphatic hydroxyl groups excluding tert-OH is 1. The number of amides is 3. The zero-order chi connectivity index (χ0) is 29.0. The number of thioether (sulfide) groups is 1. The maximum atomic E-state index is 14.1. The van der Waals surface area contributed by atoms with Crippen molar-refractivity contribution >= 4 is 29.7 Å². The summed E-state index contributed by atoms with van der Waals surface area (Å²) < 4.78 is 32.7. The molecule has 1 aliphatic heterocycles. The van der Waals surface area contributed by atoms with E-state index >= 15 is 0 Å². The molecular weight excluding hydrogens is 528 g/mol. The molecule has 0 aliphatic carbocycles. The van der Waals surface area contributed by atoms with Crippen LogP contribution in [0.2, 0.25) is 0 Å². The number of hydrogen-bond donors (Lipinski definition) is 3. The van der Waals surface area contributed by atoms with Gasteiger partial charge in [-0.15, -0.1) is 11.8 Å². The molecule has 39 heavy (non-hydrogen) atoms. The smallest absolute Gasteiger partial charge is 0.407 e. The first-order chi connectivity index (χ1) is 18.2. The van der Waals surface area contributed by atoms with E-state index in [1.165, 1.54) is 22.7 Å². The number of rotatable bonds is 8. The first-order valence-electron chi connectivity index (χ1n) is 12.6. The van der Waals surface area contributed by atoms with Crippen LogP contribution in [0.3, 0.4) is 0 Å². The van der Waals surface area contributed by atoms with Crippen LogP contribution in [0.25, 0.3) is 0 Å². The third-order valence-electron chi connectivity index (χ3n) is 6.21. The quantitative estimate of drug-likeness (QED) is 0.452. The fourth-order valence-corrected chi connectivity index (χ4v) is 5.44. The third-order valence-corrected chi connectivity index (χ3v) is 7.59. The molecule has 11 heteroatoms. The average Bonchev–Trinajstić information content (AvgIpc) is 3.16. The SMILES string of the molecule is CC(C)(C)OC(=O)N[C@@H](Cc1ccccc1)[C@H](O)C(=O)N1CSC(C)(C)[C@H]1C(=O)NCc1c(F)cccc1F. The van der Waals surface area contributed by atoms with Crippen LogP contribution in [0.15, 0.2) is 48.5 Å². The zero-order valence-electron chi connectivity index (χ0n) is 22.7. The van der Waals surface area contributed by atoms with Crippen LogP contribution in [0.1, 0.15) is 45.7 Å². The summed E-state index contributed by atoms with van der Waals surface area (Å²) in [4.78, 5) is 40.6. The molecule has 3 amide bonds. The Hall–Kier alpha value is -3.18. The number of nitrogens with zero attached hydrogens (tertiary/aromatic N) is 1. The van der Waals surface area contributed by atoms with Gasteiger partial charge in [-0.25, -0.2) is 13.6 Å². The molecule has 1 aliphatic rings. The minimum atomic E-state index is -1.70. The van der Waals surface area contributed by atoms with Gasteiger partial charge in [0.05, 0.1) is 11.9 Å². The van der Waals surface area contributed by atoms with Gasteiger partial charge in [-0.1, -0.05) is 36.4 Å². The molecule has 1 fully saturated rings. The molecule has 0 bridgehead atoms. The number of halogens is 2. The van der Waals surface area contributed by atoms with Gasteiger partial charge in [0.1, 0.15) is 23.3 Å². The first-order valence-corrected chi connectivity index (χ1v) is 13.5. The molecular formula is C28H35F2N3O5S. The molecule has 0 radical (unpaired) electrons. The summed E-state index contributed by atoms with van der Waals surface area (Å²) in [7, 11) is 0. The standard InChI is InChI=1S/C28H35F2N3O5S/c1-27(2,3)38-26(37)32-21(14-17-10-7-6-8-11-17)22(34)25(36)33-16-39-28(4,5)23(33)24(35)31-15-18-19(29)12-9-13-20(18)30/h6-13,21-23,34H,14-16H2,1-5H3,(H,31,35)(H,32,37)/t21-,22-,23+/m0/s1. The topological polar surface area (TPSA) is 108 Å². The van der Waals surface area contributed by atoms with Crippen LogP contribution in [0.5, 0.6) is 0 Å². The van der Waals surface area contributed by atoms with Gasteiger partial charge in [0.15, 0.2) is 6.10 Å². The highest BCUT2D eigenvalue weighted by molar-refractivity contribution is 8.00. The summed E-state index contributed by atoms with van der Waals surface area (Å²) in [6.45, 7) is 8.22. The van der Waals surface area contributed by atoms with E-state index in [9.17, 15) is 28.3 Å². The van der Waals surface area contributed by atoms with Gasteiger partial charge in [-0.05, 0) is 58.7 Å². The van der Waals surface area contributed by atoms with Crippen LogP contribution in [0, 0.1) is 11.6 Å². The van der Waals surface area contributed by atoms with Crippen LogP contribution >= 0.6 is 11.8 Å². The van der Waals surface area contributed by atoms with Gasteiger partial charge in [-0.3, -0.25) is 9.59 Å². The van der Waals surface area contributed by atoms with Gasteiger partial charge < -0.3 is 25.4 Å². The van der Waals surface area contributed by atoms with Crippen molar-refractivity contribution in [1.82, 2.24) is 15.5 Å². The Morgan fingerprint density at radius 3 is 2.31 bits per heavy atom. The summed E-state index contributed by atoms with van der Waals surface area (Å²) in [5.74, 6) is -2.87. The lowest BCUT2D eigenvalue weighted by molar-refractivity contribution is -0.147. The zero-order valence-corrected chi connectivity index (χ0v) is 23.5. The van der Waals surface area contributed by atoms with Crippen molar-refractivity contribution in [2.24, 2.45) is 0 Å². The van der Waals surface area contributed by atoms with Crippen molar-refractivity contribution < 1.29 is 33.0 Å². The molecule has 8 nitrogen and oxygen atoms in total. The summed E-state index contributed by atoms with van der Waals surface area (Å²) in [5, 5.41) is 16.3. The van der Waals surface area contributed by atoms with Crippen molar-refractivity contribution in [3.8, 4) is 0 Å². The Bertz CT molecular complexity index is 1170. The van der Waals surface area contributed by atoms with Gasteiger partial charge >= 0.3 is 6.09 Å². The van der Waals surface area contributed by atoms with Crippen LogP contribution in [-0.4, -0.2) is 62.3 Å². The Labute approximate surface area is 231 Å². The van der Waals surface area contributed by atoms with E-state index in [0.29, 0.717) is 0 Å². The molecule has 3 N–H and O–H groups in total. The van der Waals surface area contributed by atoms with Crippen molar-refractivity contribution in [1.29, 1.82) is 0 Å². The van der Waals surface area contributed by atoms with E-state index in [0.717, 1.165) is 17.7 Å². The molecule has 0 unspecified atom stereocenters. The van der Waals surface area contributed by atoms with Gasteiger partial charge in [0.25, 0.3) is 5.91 Å². The molecule has 2 aromatic carbocycles. The van der Waals surface area contributed by atoms with Gasteiger partial charge in [-0.2, -0.15) is 0 Å². The first kappa shape index (κ1) is 30.4. The van der Waals surface area contributed by atoms with E-state index in [2.05, 4.69) is 10.6 Å². The predicted octanol–water partition coefficient (Wildman–Crippen LogP) is 3.76. The Kier molecular flexibility index (Phi) is 9.60. The van der Waals surface area contributed by atoms with Crippen molar-refractivity contribution in [3.05, 3.63) is 71.3 Å². The molecule has 2 aromatic rings. The Balaban J connectivity index is 1.80. The van der Waals surface area contributed by atoms with E-state index in [4.69, 9.17) is 4.74 Å². The number of aliphatic hydroxyl groups is 1. The highest BCUT2D eigenvalue weighted by Crippen LogP contribution is 2.40. The lowest BCUT2D eigenvalue weighted by Crippen LogP contribution is -2.58. The van der Waals surface area contributed by atoms with Crippen LogP contribution in [0.4, 0.5) is 13.6 Å². The highest BCUT2D eigenvalue weighted by Gasteiger charge is 2.49. The molecule has 0 aromatic heterocycles. The van der Waals surface area contributed by atoms with Crippen molar-refractivity contribution in [2.75, 3.05) is 5.88 Å².